The fourth-order valence-electron chi connectivity index (χ4n) is 3.29. The van der Waals surface area contributed by atoms with Crippen molar-refractivity contribution in [2.45, 2.75) is 45.6 Å². The summed E-state index contributed by atoms with van der Waals surface area (Å²) in [6, 6.07) is 3.71. The lowest BCUT2D eigenvalue weighted by molar-refractivity contribution is -0.905. The van der Waals surface area contributed by atoms with Crippen LogP contribution in [-0.4, -0.2) is 20.7 Å². The molecule has 1 saturated carbocycles. The molecule has 1 aliphatic carbocycles. The van der Waals surface area contributed by atoms with Gasteiger partial charge in [-0.1, -0.05) is 25.8 Å². The number of nitrogens with one attached hydrogen (secondary N) is 1. The number of aromatic nitrogens is 3. The summed E-state index contributed by atoms with van der Waals surface area (Å²) in [6.07, 6.45) is 11.3. The molecule has 0 spiro atoms. The quantitative estimate of drug-likeness (QED) is 0.422. The number of halogens is 1. The molecule has 0 unspecified atom stereocenters. The van der Waals surface area contributed by atoms with Crippen LogP contribution in [0.5, 0.6) is 0 Å². The molecule has 0 aliphatic heterocycles. The molecule has 0 aromatic carbocycles. The minimum atomic E-state index is 0.530. The molecule has 26 heavy (non-hydrogen) atoms. The standard InChI is InChI=1S/C19H25BrN5O/c1-14(17-8-4-3-5-9-17)23-19-18(20)12-22-25(19)15(2)21-11-16-7-6-10-24(26)13-16/h6-7,10,12-13,17,21,26H,2-5,8-9,11H2,1H3/q+1. The average molecular weight is 419 g/mol. The van der Waals surface area contributed by atoms with Gasteiger partial charge in [-0.3, -0.25) is 5.21 Å². The van der Waals surface area contributed by atoms with Gasteiger partial charge in [0, 0.05) is 28.6 Å². The highest BCUT2D eigenvalue weighted by Crippen LogP contribution is 2.30. The molecule has 2 aromatic rings. The van der Waals surface area contributed by atoms with Crippen molar-refractivity contribution in [2.24, 2.45) is 10.9 Å². The van der Waals surface area contributed by atoms with E-state index in [1.807, 2.05) is 6.07 Å². The zero-order chi connectivity index (χ0) is 18.5. The first-order valence-corrected chi connectivity index (χ1v) is 9.75. The Hall–Kier alpha value is -2.15. The lowest BCUT2D eigenvalue weighted by Crippen LogP contribution is -2.29. The van der Waals surface area contributed by atoms with Gasteiger partial charge in [0.25, 0.3) is 0 Å². The number of nitrogens with zero attached hydrogens (tertiary/aromatic N) is 4. The van der Waals surface area contributed by atoms with E-state index in [9.17, 15) is 5.21 Å². The summed E-state index contributed by atoms with van der Waals surface area (Å²) in [5.41, 5.74) is 2.09. The van der Waals surface area contributed by atoms with Gasteiger partial charge in [-0.15, -0.1) is 0 Å². The van der Waals surface area contributed by atoms with Crippen LogP contribution >= 0.6 is 15.9 Å². The van der Waals surface area contributed by atoms with E-state index in [0.717, 1.165) is 26.3 Å². The lowest BCUT2D eigenvalue weighted by Gasteiger charge is -2.21. The molecule has 0 amide bonds. The summed E-state index contributed by atoms with van der Waals surface area (Å²) in [4.78, 5) is 4.86. The van der Waals surface area contributed by atoms with Crippen molar-refractivity contribution >= 4 is 33.3 Å². The molecule has 0 bridgehead atoms. The van der Waals surface area contributed by atoms with Crippen molar-refractivity contribution in [2.75, 3.05) is 0 Å². The van der Waals surface area contributed by atoms with Gasteiger partial charge in [-0.05, 0) is 47.7 Å². The number of rotatable bonds is 6. The zero-order valence-corrected chi connectivity index (χ0v) is 16.6. The highest BCUT2D eigenvalue weighted by molar-refractivity contribution is 9.10. The molecule has 1 fully saturated rings. The Morgan fingerprint density at radius 1 is 1.46 bits per heavy atom. The topological polar surface area (TPSA) is 66.3 Å². The smallest absolute Gasteiger partial charge is 0.227 e. The predicted octanol–water partition coefficient (Wildman–Crippen LogP) is 4.06. The van der Waals surface area contributed by atoms with E-state index in [2.05, 4.69) is 39.8 Å². The Bertz CT molecular complexity index is 808. The van der Waals surface area contributed by atoms with Crippen LogP contribution in [0.2, 0.25) is 0 Å². The van der Waals surface area contributed by atoms with Gasteiger partial charge in [-0.25, -0.2) is 4.99 Å². The molecule has 2 N–H and O–H groups in total. The Morgan fingerprint density at radius 2 is 2.23 bits per heavy atom. The molecule has 6 nitrogen and oxygen atoms in total. The largest absolute Gasteiger partial charge is 0.366 e. The average Bonchev–Trinajstić information content (AvgIpc) is 3.01. The molecule has 0 radical (unpaired) electrons. The second-order valence-corrected chi connectivity index (χ2v) is 7.56. The first-order valence-electron chi connectivity index (χ1n) is 8.96. The zero-order valence-electron chi connectivity index (χ0n) is 15.0. The Labute approximate surface area is 162 Å². The van der Waals surface area contributed by atoms with Crippen LogP contribution in [0.4, 0.5) is 5.82 Å². The van der Waals surface area contributed by atoms with E-state index in [1.165, 1.54) is 32.1 Å². The van der Waals surface area contributed by atoms with Gasteiger partial charge in [0.2, 0.25) is 12.4 Å². The minimum Gasteiger partial charge on any atom is -0.366 e. The van der Waals surface area contributed by atoms with Gasteiger partial charge in [-0.2, -0.15) is 9.78 Å². The third-order valence-corrected chi connectivity index (χ3v) is 5.34. The molecule has 3 rings (SSSR count). The van der Waals surface area contributed by atoms with Gasteiger partial charge in [0.05, 0.1) is 10.7 Å². The third-order valence-electron chi connectivity index (χ3n) is 4.78. The van der Waals surface area contributed by atoms with Crippen LogP contribution in [0.1, 0.15) is 44.6 Å². The van der Waals surface area contributed by atoms with E-state index < -0.39 is 0 Å². The maximum absolute atomic E-state index is 9.49. The Balaban J connectivity index is 1.73. The number of pyridine rings is 1. The van der Waals surface area contributed by atoms with E-state index in [-0.39, 0.29) is 0 Å². The van der Waals surface area contributed by atoms with Crippen molar-refractivity contribution in [1.29, 1.82) is 0 Å². The molecule has 1 aliphatic rings. The highest BCUT2D eigenvalue weighted by atomic mass is 79.9. The molecule has 0 saturated heterocycles. The molecule has 138 valence electrons. The van der Waals surface area contributed by atoms with Crippen LogP contribution < -0.4 is 10.0 Å². The van der Waals surface area contributed by atoms with Crippen LogP contribution in [0.15, 0.2) is 46.8 Å². The fourth-order valence-corrected chi connectivity index (χ4v) is 3.64. The van der Waals surface area contributed by atoms with Gasteiger partial charge in [0.1, 0.15) is 5.82 Å². The summed E-state index contributed by atoms with van der Waals surface area (Å²) in [6.45, 7) is 6.73. The van der Waals surface area contributed by atoms with Crippen LogP contribution in [-0.2, 0) is 6.54 Å². The van der Waals surface area contributed by atoms with Crippen molar-refractivity contribution in [3.63, 3.8) is 0 Å². The van der Waals surface area contributed by atoms with Crippen LogP contribution in [0.25, 0.3) is 5.82 Å². The van der Waals surface area contributed by atoms with E-state index in [4.69, 9.17) is 4.99 Å². The maximum Gasteiger partial charge on any atom is 0.227 e. The molecular formula is C19H25BrN5O+. The SMILES string of the molecule is C=C(NCc1ccc[n+](O)c1)n1ncc(Br)c1N=C(C)C1CCCCC1. The molecular weight excluding hydrogens is 394 g/mol. The summed E-state index contributed by atoms with van der Waals surface area (Å²) in [5.74, 6) is 1.96. The lowest BCUT2D eigenvalue weighted by atomic mass is 9.86. The van der Waals surface area contributed by atoms with E-state index in [1.54, 1.807) is 29.3 Å². The summed E-state index contributed by atoms with van der Waals surface area (Å²) < 4.78 is 3.60. The van der Waals surface area contributed by atoms with Crippen molar-refractivity contribution < 1.29 is 9.94 Å². The van der Waals surface area contributed by atoms with E-state index in [0.29, 0.717) is 18.3 Å². The molecule has 2 heterocycles. The number of aliphatic imine (C=N–C) groups is 1. The fraction of sp³-hybridized carbons (Fsp3) is 0.421. The third kappa shape index (κ3) is 4.52. The van der Waals surface area contributed by atoms with E-state index >= 15 is 0 Å². The van der Waals surface area contributed by atoms with Crippen LogP contribution in [0.3, 0.4) is 0 Å². The maximum atomic E-state index is 9.49. The normalized spacial score (nSPS) is 15.8. The predicted molar refractivity (Wildman–Crippen MR) is 105 cm³/mol. The first-order chi connectivity index (χ1) is 12.5. The second kappa shape index (κ2) is 8.49. The Morgan fingerprint density at radius 3 is 2.96 bits per heavy atom. The summed E-state index contributed by atoms with van der Waals surface area (Å²) in [5, 5.41) is 17.1. The molecule has 2 aromatic heterocycles. The minimum absolute atomic E-state index is 0.530. The van der Waals surface area contributed by atoms with Crippen molar-refractivity contribution in [1.82, 2.24) is 15.1 Å². The summed E-state index contributed by atoms with van der Waals surface area (Å²) in [7, 11) is 0. The highest BCUT2D eigenvalue weighted by Gasteiger charge is 2.18. The molecule has 0 atom stereocenters. The van der Waals surface area contributed by atoms with Crippen LogP contribution in [0, 0.1) is 5.92 Å². The first kappa shape index (κ1) is 18.6. The second-order valence-electron chi connectivity index (χ2n) is 6.71. The number of hydrogen-bond acceptors (Lipinski definition) is 4. The van der Waals surface area contributed by atoms with Crippen molar-refractivity contribution in [3.8, 4) is 0 Å². The van der Waals surface area contributed by atoms with Gasteiger partial charge in [0.15, 0.2) is 5.82 Å². The van der Waals surface area contributed by atoms with Crippen molar-refractivity contribution in [3.05, 3.63) is 47.3 Å². The molecule has 7 heteroatoms. The summed E-state index contributed by atoms with van der Waals surface area (Å²) >= 11 is 3.55. The number of hydrogen-bond donors (Lipinski definition) is 2. The van der Waals surface area contributed by atoms with Gasteiger partial charge < -0.3 is 5.32 Å². The Kier molecular flexibility index (Phi) is 6.08. The van der Waals surface area contributed by atoms with Gasteiger partial charge >= 0.3 is 0 Å². The monoisotopic (exact) mass is 418 g/mol.